The number of carbonyl (C=O) groups is 1. The molecule has 0 spiro atoms. The number of nitrogens with zero attached hydrogens (tertiary/aromatic N) is 1. The number of ether oxygens (including phenoxy) is 4. The molecule has 7 heteroatoms. The first kappa shape index (κ1) is 23.5. The van der Waals surface area contributed by atoms with Gasteiger partial charge in [0.15, 0.2) is 11.5 Å². The minimum atomic E-state index is -0.586. The molecule has 1 aliphatic carbocycles. The molecule has 5 rings (SSSR count). The Kier molecular flexibility index (Phi) is 6.14. The van der Waals surface area contributed by atoms with Crippen LogP contribution >= 0.6 is 0 Å². The number of esters is 1. The molecule has 0 amide bonds. The van der Waals surface area contributed by atoms with Crippen molar-refractivity contribution in [1.29, 1.82) is 0 Å². The first-order valence-electron chi connectivity index (χ1n) is 11.6. The van der Waals surface area contributed by atoms with Crippen molar-refractivity contribution >= 4 is 16.7 Å². The molecule has 36 heavy (non-hydrogen) atoms. The average molecular weight is 486 g/mol. The van der Waals surface area contributed by atoms with Crippen LogP contribution in [0.15, 0.2) is 65.5 Å². The molecule has 0 radical (unpaired) electrons. The number of rotatable bonds is 6. The number of hydrogen-bond acceptors (Lipinski definition) is 6. The van der Waals surface area contributed by atoms with E-state index in [9.17, 15) is 9.59 Å². The zero-order valence-corrected chi connectivity index (χ0v) is 20.7. The molecule has 1 aliphatic rings. The van der Waals surface area contributed by atoms with Gasteiger partial charge in [0.25, 0.3) is 5.56 Å². The molecule has 1 heterocycles. The summed E-state index contributed by atoms with van der Waals surface area (Å²) in [6.45, 7) is 0. The van der Waals surface area contributed by atoms with E-state index in [4.69, 9.17) is 18.9 Å². The lowest BCUT2D eigenvalue weighted by Gasteiger charge is -2.23. The van der Waals surface area contributed by atoms with Gasteiger partial charge in [-0.15, -0.1) is 0 Å². The highest BCUT2D eigenvalue weighted by molar-refractivity contribution is 6.07. The van der Waals surface area contributed by atoms with Gasteiger partial charge in [0, 0.05) is 17.0 Å². The number of aromatic nitrogens is 1. The Balaban J connectivity index is 1.88. The minimum Gasteiger partial charge on any atom is -0.493 e. The summed E-state index contributed by atoms with van der Waals surface area (Å²) in [7, 11) is 5.94. The van der Waals surface area contributed by atoms with Crippen molar-refractivity contribution in [2.45, 2.75) is 18.9 Å². The number of pyridine rings is 1. The van der Waals surface area contributed by atoms with E-state index in [2.05, 4.69) is 12.1 Å². The summed E-state index contributed by atoms with van der Waals surface area (Å²) < 4.78 is 23.5. The number of methoxy groups -OCH3 is 4. The van der Waals surface area contributed by atoms with E-state index in [0.717, 1.165) is 0 Å². The number of fused-ring (bicyclic) bond motifs is 2. The normalized spacial score (nSPS) is 12.9. The monoisotopic (exact) mass is 485 g/mol. The third kappa shape index (κ3) is 3.68. The van der Waals surface area contributed by atoms with Gasteiger partial charge in [-0.25, -0.2) is 4.79 Å². The Morgan fingerprint density at radius 3 is 1.89 bits per heavy atom. The van der Waals surface area contributed by atoms with Gasteiger partial charge in [-0.2, -0.15) is 0 Å². The maximum atomic E-state index is 13.9. The molecule has 0 unspecified atom stereocenters. The Morgan fingerprint density at radius 2 is 1.36 bits per heavy atom. The molecule has 0 aliphatic heterocycles. The van der Waals surface area contributed by atoms with Crippen molar-refractivity contribution < 1.29 is 23.7 Å². The van der Waals surface area contributed by atoms with Crippen LogP contribution in [0.5, 0.6) is 17.2 Å². The maximum Gasteiger partial charge on any atom is 0.355 e. The van der Waals surface area contributed by atoms with Gasteiger partial charge in [-0.3, -0.25) is 9.36 Å². The van der Waals surface area contributed by atoms with Gasteiger partial charge in [0.05, 0.1) is 28.4 Å². The Bertz CT molecular complexity index is 1490. The van der Waals surface area contributed by atoms with Gasteiger partial charge in [0.1, 0.15) is 5.69 Å². The van der Waals surface area contributed by atoms with Crippen LogP contribution in [-0.4, -0.2) is 39.0 Å². The third-order valence-electron chi connectivity index (χ3n) is 6.85. The molecule has 0 bridgehead atoms. The second-order valence-corrected chi connectivity index (χ2v) is 8.68. The zero-order chi connectivity index (χ0) is 25.4. The van der Waals surface area contributed by atoms with E-state index in [0.29, 0.717) is 52.0 Å². The summed E-state index contributed by atoms with van der Waals surface area (Å²) in [4.78, 5) is 27.3. The van der Waals surface area contributed by atoms with Crippen LogP contribution in [0.2, 0.25) is 0 Å². The second kappa shape index (κ2) is 9.41. The molecule has 7 nitrogen and oxygen atoms in total. The average Bonchev–Trinajstić information content (AvgIpc) is 3.35. The third-order valence-corrected chi connectivity index (χ3v) is 6.85. The molecule has 0 saturated carbocycles. The highest BCUT2D eigenvalue weighted by atomic mass is 16.5. The van der Waals surface area contributed by atoms with Crippen LogP contribution in [-0.2, 0) is 17.6 Å². The van der Waals surface area contributed by atoms with Gasteiger partial charge in [-0.1, -0.05) is 42.5 Å². The first-order chi connectivity index (χ1) is 17.5. The molecular weight excluding hydrogens is 458 g/mol. The number of hydrogen-bond donors (Lipinski definition) is 0. The molecule has 0 fully saturated rings. The van der Waals surface area contributed by atoms with E-state index in [1.165, 1.54) is 39.6 Å². The molecule has 184 valence electrons. The molecule has 1 aromatic heterocycles. The highest BCUT2D eigenvalue weighted by Gasteiger charge is 2.32. The highest BCUT2D eigenvalue weighted by Crippen LogP contribution is 2.44. The Labute approximate surface area is 208 Å². The smallest absolute Gasteiger partial charge is 0.355 e. The lowest BCUT2D eigenvalue weighted by molar-refractivity contribution is 0.0585. The van der Waals surface area contributed by atoms with Gasteiger partial charge in [-0.05, 0) is 53.1 Å². The predicted molar refractivity (Wildman–Crippen MR) is 138 cm³/mol. The topological polar surface area (TPSA) is 76.0 Å². The molecule has 0 saturated heterocycles. The zero-order valence-electron chi connectivity index (χ0n) is 20.7. The van der Waals surface area contributed by atoms with Crippen molar-refractivity contribution in [1.82, 2.24) is 4.57 Å². The lowest BCUT2D eigenvalue weighted by Crippen LogP contribution is -2.32. The van der Waals surface area contributed by atoms with Crippen LogP contribution in [0.1, 0.15) is 27.7 Å². The predicted octanol–water partition coefficient (Wildman–Crippen LogP) is 4.82. The Hall–Kier alpha value is -4.26. The van der Waals surface area contributed by atoms with Crippen LogP contribution in [0.25, 0.3) is 21.9 Å². The fraction of sp³-hybridized carbons (Fsp3) is 0.241. The Morgan fingerprint density at radius 1 is 0.806 bits per heavy atom. The number of benzene rings is 3. The fourth-order valence-corrected chi connectivity index (χ4v) is 5.25. The van der Waals surface area contributed by atoms with Crippen LogP contribution in [0.3, 0.4) is 0 Å². The summed E-state index contributed by atoms with van der Waals surface area (Å²) in [6, 6.07) is 18.8. The second-order valence-electron chi connectivity index (χ2n) is 8.68. The molecule has 0 atom stereocenters. The van der Waals surface area contributed by atoms with Crippen molar-refractivity contribution in [2.75, 3.05) is 28.4 Å². The van der Waals surface area contributed by atoms with E-state index < -0.39 is 5.97 Å². The summed E-state index contributed by atoms with van der Waals surface area (Å²) >= 11 is 0. The first-order valence-corrected chi connectivity index (χ1v) is 11.6. The molecule has 0 N–H and O–H groups in total. The minimum absolute atomic E-state index is 0.202. The number of carbonyl (C=O) groups excluding carboxylic acids is 1. The summed E-state index contributed by atoms with van der Waals surface area (Å²) in [5.41, 5.74) is 3.55. The maximum absolute atomic E-state index is 13.9. The summed E-state index contributed by atoms with van der Waals surface area (Å²) in [5.74, 6) is 0.736. The van der Waals surface area contributed by atoms with Gasteiger partial charge in [0.2, 0.25) is 5.75 Å². The SMILES string of the molecule is COC(=O)c1c(-c2cc(OC)c(OC)c(OC)c2)c2ccccc2c(=O)n1C1Cc2ccccc2C1. The van der Waals surface area contributed by atoms with Crippen molar-refractivity contribution in [3.8, 4) is 28.4 Å². The van der Waals surface area contributed by atoms with Crippen LogP contribution in [0, 0.1) is 0 Å². The largest absolute Gasteiger partial charge is 0.493 e. The fourth-order valence-electron chi connectivity index (χ4n) is 5.25. The van der Waals surface area contributed by atoms with E-state index >= 15 is 0 Å². The van der Waals surface area contributed by atoms with Crippen LogP contribution in [0.4, 0.5) is 0 Å². The van der Waals surface area contributed by atoms with Crippen molar-refractivity contribution in [2.24, 2.45) is 0 Å². The standard InChI is InChI=1S/C29H27NO6/c1-33-23-15-19(16-24(34-2)27(23)35-3)25-21-11-7-8-12-22(21)28(31)30(26(25)29(32)36-4)20-13-17-9-5-6-10-18(17)14-20/h5-12,15-16,20H,13-14H2,1-4H3. The summed E-state index contributed by atoms with van der Waals surface area (Å²) in [6.07, 6.45) is 1.29. The van der Waals surface area contributed by atoms with Crippen LogP contribution < -0.4 is 19.8 Å². The quantitative estimate of drug-likeness (QED) is 0.365. The van der Waals surface area contributed by atoms with Crippen molar-refractivity contribution in [3.63, 3.8) is 0 Å². The van der Waals surface area contributed by atoms with Gasteiger partial charge >= 0.3 is 5.97 Å². The lowest BCUT2D eigenvalue weighted by atomic mass is 9.95. The summed E-state index contributed by atoms with van der Waals surface area (Å²) in [5, 5.41) is 1.16. The van der Waals surface area contributed by atoms with E-state index in [1.54, 1.807) is 22.8 Å². The molecule has 3 aromatic carbocycles. The van der Waals surface area contributed by atoms with Gasteiger partial charge < -0.3 is 18.9 Å². The molecular formula is C29H27NO6. The molecule has 4 aromatic rings. The van der Waals surface area contributed by atoms with E-state index in [1.807, 2.05) is 30.3 Å². The van der Waals surface area contributed by atoms with E-state index in [-0.39, 0.29) is 17.3 Å². The van der Waals surface area contributed by atoms with Crippen molar-refractivity contribution in [3.05, 3.63) is 87.8 Å².